The van der Waals surface area contributed by atoms with E-state index in [0.717, 1.165) is 39.0 Å². The summed E-state index contributed by atoms with van der Waals surface area (Å²) in [5, 5.41) is 4.53. The van der Waals surface area contributed by atoms with E-state index in [1.54, 1.807) is 7.11 Å². The number of anilines is 1. The lowest BCUT2D eigenvalue weighted by Gasteiger charge is -2.02. The van der Waals surface area contributed by atoms with Crippen LogP contribution in [0.3, 0.4) is 0 Å². The maximum absolute atomic E-state index is 12.7. The summed E-state index contributed by atoms with van der Waals surface area (Å²) in [7, 11) is 1.64. The molecular weight excluding hydrogens is 378 g/mol. The molecule has 0 bridgehead atoms. The van der Waals surface area contributed by atoms with Crippen molar-refractivity contribution in [2.75, 3.05) is 12.4 Å². The number of ether oxygens (including phenoxy) is 1. The normalized spacial score (nSPS) is 11.0. The Morgan fingerprint density at radius 1 is 1.15 bits per heavy atom. The molecule has 142 valence electrons. The zero-order valence-electron chi connectivity index (χ0n) is 16.1. The number of rotatable bonds is 6. The number of carbonyl (C=O) groups is 1. The fourth-order valence-electron chi connectivity index (χ4n) is 2.72. The van der Waals surface area contributed by atoms with Gasteiger partial charge in [0.15, 0.2) is 5.13 Å². The number of aryl methyl sites for hydroxylation is 2. The molecule has 1 aromatic carbocycles. The monoisotopic (exact) mass is 401 g/mol. The second kappa shape index (κ2) is 8.19. The van der Waals surface area contributed by atoms with E-state index in [4.69, 9.17) is 4.74 Å². The fourth-order valence-corrected chi connectivity index (χ4v) is 4.72. The van der Waals surface area contributed by atoms with Crippen LogP contribution in [0, 0.1) is 19.8 Å². The van der Waals surface area contributed by atoms with Crippen molar-refractivity contribution in [3.8, 4) is 17.0 Å². The van der Waals surface area contributed by atoms with E-state index in [2.05, 4.69) is 29.1 Å². The summed E-state index contributed by atoms with van der Waals surface area (Å²) in [4.78, 5) is 23.5. The Morgan fingerprint density at radius 3 is 2.48 bits per heavy atom. The standard InChI is InChI=1S/C20H23N3O2S2/c1-11(2)10-16-21-12(3)18(27-16)19(24)23-20-22-17(13(4)26-20)14-6-8-15(25-5)9-7-14/h6-9,11H,10H2,1-5H3,(H,22,23,24). The third-order valence-corrected chi connectivity index (χ3v) is 6.08. The van der Waals surface area contributed by atoms with Crippen molar-refractivity contribution < 1.29 is 9.53 Å². The lowest BCUT2D eigenvalue weighted by Crippen LogP contribution is -2.11. The molecule has 1 amide bonds. The van der Waals surface area contributed by atoms with Gasteiger partial charge >= 0.3 is 0 Å². The number of nitrogens with one attached hydrogen (secondary N) is 1. The van der Waals surface area contributed by atoms with E-state index in [0.29, 0.717) is 15.9 Å². The molecule has 0 saturated heterocycles. The van der Waals surface area contributed by atoms with Crippen LogP contribution in [0.2, 0.25) is 0 Å². The van der Waals surface area contributed by atoms with E-state index in [-0.39, 0.29) is 5.91 Å². The molecule has 0 saturated carbocycles. The van der Waals surface area contributed by atoms with Crippen molar-refractivity contribution in [1.29, 1.82) is 0 Å². The molecular formula is C20H23N3O2S2. The van der Waals surface area contributed by atoms with Gasteiger partial charge in [-0.3, -0.25) is 10.1 Å². The predicted molar refractivity (Wildman–Crippen MR) is 112 cm³/mol. The minimum atomic E-state index is -0.143. The number of aromatic nitrogens is 2. The van der Waals surface area contributed by atoms with Crippen LogP contribution in [0.4, 0.5) is 5.13 Å². The molecule has 3 aromatic rings. The van der Waals surface area contributed by atoms with Crippen LogP contribution in [0.25, 0.3) is 11.3 Å². The highest BCUT2D eigenvalue weighted by Gasteiger charge is 2.18. The van der Waals surface area contributed by atoms with Crippen molar-refractivity contribution in [2.24, 2.45) is 5.92 Å². The van der Waals surface area contributed by atoms with Crippen LogP contribution in [0.1, 0.15) is 39.1 Å². The minimum Gasteiger partial charge on any atom is -0.497 e. The topological polar surface area (TPSA) is 64.1 Å². The molecule has 1 N–H and O–H groups in total. The SMILES string of the molecule is COc1ccc(-c2nc(NC(=O)c3sc(CC(C)C)nc3C)sc2C)cc1. The molecule has 2 heterocycles. The van der Waals surface area contributed by atoms with Crippen LogP contribution in [-0.4, -0.2) is 23.0 Å². The van der Waals surface area contributed by atoms with Gasteiger partial charge in [-0.1, -0.05) is 13.8 Å². The van der Waals surface area contributed by atoms with Gasteiger partial charge in [-0.25, -0.2) is 9.97 Å². The fraction of sp³-hybridized carbons (Fsp3) is 0.350. The highest BCUT2D eigenvalue weighted by molar-refractivity contribution is 7.16. The summed E-state index contributed by atoms with van der Waals surface area (Å²) in [6.07, 6.45) is 0.886. The van der Waals surface area contributed by atoms with Crippen molar-refractivity contribution in [2.45, 2.75) is 34.1 Å². The van der Waals surface area contributed by atoms with Gasteiger partial charge in [0.25, 0.3) is 5.91 Å². The van der Waals surface area contributed by atoms with E-state index in [1.165, 1.54) is 22.7 Å². The maximum Gasteiger partial charge on any atom is 0.269 e. The third kappa shape index (κ3) is 4.54. The Hall–Kier alpha value is -2.25. The van der Waals surface area contributed by atoms with Crippen LogP contribution < -0.4 is 10.1 Å². The predicted octanol–water partition coefficient (Wildman–Crippen LogP) is 5.34. The first-order valence-corrected chi connectivity index (χ1v) is 10.4. The van der Waals surface area contributed by atoms with Gasteiger partial charge in [-0.2, -0.15) is 0 Å². The lowest BCUT2D eigenvalue weighted by atomic mass is 10.1. The summed E-state index contributed by atoms with van der Waals surface area (Å²) in [5.74, 6) is 1.17. The molecule has 7 heteroatoms. The van der Waals surface area contributed by atoms with E-state index in [9.17, 15) is 4.79 Å². The van der Waals surface area contributed by atoms with E-state index >= 15 is 0 Å². The summed E-state index contributed by atoms with van der Waals surface area (Å²) < 4.78 is 5.20. The maximum atomic E-state index is 12.7. The number of nitrogens with zero attached hydrogens (tertiary/aromatic N) is 2. The molecule has 0 atom stereocenters. The first-order valence-electron chi connectivity index (χ1n) is 8.77. The second-order valence-corrected chi connectivity index (χ2v) is 9.01. The molecule has 0 radical (unpaired) electrons. The summed E-state index contributed by atoms with van der Waals surface area (Å²) in [5.41, 5.74) is 2.65. The second-order valence-electron chi connectivity index (χ2n) is 6.73. The van der Waals surface area contributed by atoms with Gasteiger partial charge in [0, 0.05) is 16.9 Å². The van der Waals surface area contributed by atoms with Gasteiger partial charge in [-0.15, -0.1) is 22.7 Å². The van der Waals surface area contributed by atoms with Gasteiger partial charge in [0.05, 0.1) is 23.5 Å². The highest BCUT2D eigenvalue weighted by Crippen LogP contribution is 2.32. The van der Waals surface area contributed by atoms with Crippen molar-refractivity contribution >= 4 is 33.7 Å². The molecule has 0 aliphatic rings. The summed E-state index contributed by atoms with van der Waals surface area (Å²) >= 11 is 2.94. The number of benzene rings is 1. The van der Waals surface area contributed by atoms with E-state index in [1.807, 2.05) is 38.1 Å². The Labute approximate surface area is 167 Å². The number of methoxy groups -OCH3 is 1. The van der Waals surface area contributed by atoms with Crippen LogP contribution >= 0.6 is 22.7 Å². The molecule has 2 aromatic heterocycles. The third-order valence-electron chi connectivity index (χ3n) is 4.01. The minimum absolute atomic E-state index is 0.143. The van der Waals surface area contributed by atoms with Crippen molar-refractivity contribution in [1.82, 2.24) is 9.97 Å². The van der Waals surface area contributed by atoms with Gasteiger partial charge in [-0.05, 0) is 44.0 Å². The average Bonchev–Trinajstić information content (AvgIpc) is 3.16. The number of hydrogen-bond donors (Lipinski definition) is 1. The van der Waals surface area contributed by atoms with Gasteiger partial charge in [0.1, 0.15) is 10.6 Å². The van der Waals surface area contributed by atoms with Crippen LogP contribution in [-0.2, 0) is 6.42 Å². The van der Waals surface area contributed by atoms with E-state index < -0.39 is 0 Å². The molecule has 0 aliphatic carbocycles. The lowest BCUT2D eigenvalue weighted by molar-refractivity contribution is 0.103. The molecule has 0 aliphatic heterocycles. The molecule has 0 spiro atoms. The van der Waals surface area contributed by atoms with Gasteiger partial charge in [0.2, 0.25) is 0 Å². The number of thiazole rings is 2. The Kier molecular flexibility index (Phi) is 5.92. The van der Waals surface area contributed by atoms with Gasteiger partial charge < -0.3 is 4.74 Å². The Morgan fingerprint density at radius 2 is 1.85 bits per heavy atom. The van der Waals surface area contributed by atoms with Crippen molar-refractivity contribution in [3.05, 3.63) is 44.7 Å². The zero-order valence-corrected chi connectivity index (χ0v) is 17.8. The quantitative estimate of drug-likeness (QED) is 0.605. The molecule has 27 heavy (non-hydrogen) atoms. The highest BCUT2D eigenvalue weighted by atomic mass is 32.1. The molecule has 0 unspecified atom stereocenters. The number of amides is 1. The number of carbonyl (C=O) groups excluding carboxylic acids is 1. The largest absolute Gasteiger partial charge is 0.497 e. The first kappa shape index (κ1) is 19.5. The number of hydrogen-bond acceptors (Lipinski definition) is 6. The summed E-state index contributed by atoms with van der Waals surface area (Å²) in [6.45, 7) is 8.18. The molecule has 3 rings (SSSR count). The van der Waals surface area contributed by atoms with Crippen LogP contribution in [0.5, 0.6) is 5.75 Å². The molecule has 0 fully saturated rings. The Bertz CT molecular complexity index is 943. The summed E-state index contributed by atoms with van der Waals surface area (Å²) in [6, 6.07) is 7.75. The smallest absolute Gasteiger partial charge is 0.269 e. The average molecular weight is 402 g/mol. The van der Waals surface area contributed by atoms with Crippen molar-refractivity contribution in [3.63, 3.8) is 0 Å². The Balaban J connectivity index is 1.78. The first-order chi connectivity index (χ1) is 12.9. The van der Waals surface area contributed by atoms with Crippen LogP contribution in [0.15, 0.2) is 24.3 Å². The molecule has 5 nitrogen and oxygen atoms in total. The zero-order chi connectivity index (χ0) is 19.6.